The average molecular weight is 363 g/mol. The highest BCUT2D eigenvalue weighted by atomic mass is 19.1. The van der Waals surface area contributed by atoms with Crippen LogP contribution in [-0.4, -0.2) is 16.7 Å². The maximum atomic E-state index is 13.6. The number of aromatic nitrogens is 1. The Morgan fingerprint density at radius 1 is 1.00 bits per heavy atom. The number of carbonyl (C=O) groups excluding carboxylic acids is 2. The molecule has 0 unspecified atom stereocenters. The topological polar surface area (TPSA) is 71.1 Å². The van der Waals surface area contributed by atoms with Crippen molar-refractivity contribution in [3.05, 3.63) is 89.4 Å². The Morgan fingerprint density at radius 3 is 2.52 bits per heavy atom. The van der Waals surface area contributed by atoms with Gasteiger partial charge in [-0.15, -0.1) is 0 Å². The summed E-state index contributed by atoms with van der Waals surface area (Å²) >= 11 is 0. The Bertz CT molecular complexity index is 971. The Morgan fingerprint density at radius 2 is 1.81 bits per heavy atom. The second-order valence-corrected chi connectivity index (χ2v) is 5.97. The third kappa shape index (κ3) is 4.76. The lowest BCUT2D eigenvalue weighted by atomic mass is 10.1. The van der Waals surface area contributed by atoms with Crippen molar-refractivity contribution in [1.29, 1.82) is 0 Å². The number of nitrogens with one attached hydrogen (secondary N) is 2. The first-order chi connectivity index (χ1) is 13.0. The van der Waals surface area contributed by atoms with Gasteiger partial charge in [0.25, 0.3) is 5.91 Å². The molecule has 6 heteroatoms. The number of rotatable bonds is 6. The van der Waals surface area contributed by atoms with E-state index in [1.165, 1.54) is 19.2 Å². The van der Waals surface area contributed by atoms with Gasteiger partial charge in [-0.2, -0.15) is 0 Å². The number of carbonyl (C=O) groups is 2. The monoisotopic (exact) mass is 363 g/mol. The lowest BCUT2D eigenvalue weighted by molar-refractivity contribution is 0.101. The predicted molar refractivity (Wildman–Crippen MR) is 102 cm³/mol. The molecule has 5 nitrogen and oxygen atoms in total. The lowest BCUT2D eigenvalue weighted by Crippen LogP contribution is -2.13. The van der Waals surface area contributed by atoms with Gasteiger partial charge in [0.1, 0.15) is 11.6 Å². The maximum Gasteiger partial charge on any atom is 0.257 e. The number of hydrogen-bond acceptors (Lipinski definition) is 4. The van der Waals surface area contributed by atoms with Crippen molar-refractivity contribution >= 4 is 23.2 Å². The van der Waals surface area contributed by atoms with E-state index < -0.39 is 0 Å². The Labute approximate surface area is 156 Å². The molecule has 0 aliphatic carbocycles. The number of anilines is 2. The molecular weight excluding hydrogens is 345 g/mol. The van der Waals surface area contributed by atoms with Crippen molar-refractivity contribution in [2.75, 3.05) is 10.6 Å². The number of benzene rings is 2. The minimum absolute atomic E-state index is 0.0713. The maximum absolute atomic E-state index is 13.6. The summed E-state index contributed by atoms with van der Waals surface area (Å²) in [5.74, 6) is -0.149. The Kier molecular flexibility index (Phi) is 5.56. The van der Waals surface area contributed by atoms with Gasteiger partial charge >= 0.3 is 0 Å². The Hall–Kier alpha value is -3.54. The van der Waals surface area contributed by atoms with Gasteiger partial charge in [-0.1, -0.05) is 30.3 Å². The normalized spacial score (nSPS) is 10.3. The van der Waals surface area contributed by atoms with E-state index in [1.54, 1.807) is 54.6 Å². The molecule has 2 N–H and O–H groups in total. The smallest absolute Gasteiger partial charge is 0.257 e. The van der Waals surface area contributed by atoms with Gasteiger partial charge in [0, 0.05) is 29.6 Å². The molecule has 3 rings (SSSR count). The molecule has 0 radical (unpaired) electrons. The quantitative estimate of drug-likeness (QED) is 0.641. The highest BCUT2D eigenvalue weighted by Gasteiger charge is 2.08. The van der Waals surface area contributed by atoms with Gasteiger partial charge in [0.2, 0.25) is 0 Å². The Balaban J connectivity index is 1.63. The molecule has 0 aliphatic heterocycles. The van der Waals surface area contributed by atoms with Crippen LogP contribution in [0.4, 0.5) is 15.9 Å². The van der Waals surface area contributed by atoms with Crippen LogP contribution < -0.4 is 10.6 Å². The molecule has 0 atom stereocenters. The van der Waals surface area contributed by atoms with Crippen LogP contribution >= 0.6 is 0 Å². The molecule has 136 valence electrons. The van der Waals surface area contributed by atoms with Crippen LogP contribution in [0.5, 0.6) is 0 Å². The molecule has 0 bridgehead atoms. The van der Waals surface area contributed by atoms with E-state index in [0.29, 0.717) is 34.7 Å². The number of amides is 1. The summed E-state index contributed by atoms with van der Waals surface area (Å²) < 4.78 is 13.6. The van der Waals surface area contributed by atoms with Crippen LogP contribution in [0, 0.1) is 5.82 Å². The fraction of sp³-hybridized carbons (Fsp3) is 0.0952. The van der Waals surface area contributed by atoms with Crippen LogP contribution in [0.15, 0.2) is 66.9 Å². The summed E-state index contributed by atoms with van der Waals surface area (Å²) in [6, 6.07) is 16.5. The summed E-state index contributed by atoms with van der Waals surface area (Å²) in [7, 11) is 0. The number of pyridine rings is 1. The van der Waals surface area contributed by atoms with Crippen LogP contribution in [0.1, 0.15) is 33.2 Å². The molecule has 27 heavy (non-hydrogen) atoms. The van der Waals surface area contributed by atoms with E-state index in [-0.39, 0.29) is 17.5 Å². The summed E-state index contributed by atoms with van der Waals surface area (Å²) in [4.78, 5) is 27.9. The van der Waals surface area contributed by atoms with Crippen molar-refractivity contribution in [3.63, 3.8) is 0 Å². The van der Waals surface area contributed by atoms with Crippen LogP contribution in [-0.2, 0) is 6.54 Å². The van der Waals surface area contributed by atoms with Gasteiger partial charge in [0.05, 0.1) is 5.56 Å². The fourth-order valence-corrected chi connectivity index (χ4v) is 2.48. The minimum atomic E-state index is -0.330. The van der Waals surface area contributed by atoms with E-state index in [4.69, 9.17) is 0 Å². The number of halogens is 1. The van der Waals surface area contributed by atoms with Gasteiger partial charge in [-0.25, -0.2) is 9.37 Å². The van der Waals surface area contributed by atoms with Crippen molar-refractivity contribution in [2.24, 2.45) is 0 Å². The molecule has 0 saturated carbocycles. The zero-order chi connectivity index (χ0) is 19.2. The molecule has 1 aromatic heterocycles. The largest absolute Gasteiger partial charge is 0.366 e. The molecule has 3 aromatic rings. The van der Waals surface area contributed by atoms with E-state index in [9.17, 15) is 14.0 Å². The number of ketones is 1. The third-order valence-electron chi connectivity index (χ3n) is 3.97. The van der Waals surface area contributed by atoms with E-state index >= 15 is 0 Å². The zero-order valence-electron chi connectivity index (χ0n) is 14.7. The van der Waals surface area contributed by atoms with Crippen molar-refractivity contribution in [2.45, 2.75) is 13.5 Å². The molecule has 0 spiro atoms. The van der Waals surface area contributed by atoms with Gasteiger partial charge in [-0.3, -0.25) is 9.59 Å². The van der Waals surface area contributed by atoms with E-state index in [2.05, 4.69) is 15.6 Å². The second kappa shape index (κ2) is 8.23. The standard InChI is InChI=1S/C21H18FN3O2/c1-14(26)15-6-4-7-18(11-15)25-21(27)17-9-10-20(24-13-17)23-12-16-5-2-3-8-19(16)22/h2-11,13H,12H2,1H3,(H,23,24)(H,25,27). The molecule has 0 saturated heterocycles. The van der Waals surface area contributed by atoms with Crippen LogP contribution in [0.3, 0.4) is 0 Å². The summed E-state index contributed by atoms with van der Waals surface area (Å²) in [5, 5.41) is 5.75. The molecule has 1 heterocycles. The van der Waals surface area contributed by atoms with Crippen LogP contribution in [0.2, 0.25) is 0 Å². The summed E-state index contributed by atoms with van der Waals surface area (Å²) in [6.07, 6.45) is 1.44. The van der Waals surface area contributed by atoms with Crippen molar-refractivity contribution < 1.29 is 14.0 Å². The summed E-state index contributed by atoms with van der Waals surface area (Å²) in [5.41, 5.74) is 1.97. The predicted octanol–water partition coefficient (Wildman–Crippen LogP) is 4.29. The number of hydrogen-bond donors (Lipinski definition) is 2. The SMILES string of the molecule is CC(=O)c1cccc(NC(=O)c2ccc(NCc3ccccc3F)nc2)c1. The zero-order valence-corrected chi connectivity index (χ0v) is 14.7. The van der Waals surface area contributed by atoms with Crippen molar-refractivity contribution in [1.82, 2.24) is 4.98 Å². The second-order valence-electron chi connectivity index (χ2n) is 5.97. The first kappa shape index (κ1) is 18.3. The minimum Gasteiger partial charge on any atom is -0.366 e. The third-order valence-corrected chi connectivity index (χ3v) is 3.97. The lowest BCUT2D eigenvalue weighted by Gasteiger charge is -2.08. The number of nitrogens with zero attached hydrogens (tertiary/aromatic N) is 1. The average Bonchev–Trinajstić information content (AvgIpc) is 2.68. The molecule has 1 amide bonds. The first-order valence-corrected chi connectivity index (χ1v) is 8.38. The van der Waals surface area contributed by atoms with Gasteiger partial charge in [-0.05, 0) is 37.3 Å². The molecule has 0 aliphatic rings. The highest BCUT2D eigenvalue weighted by molar-refractivity contribution is 6.05. The fourth-order valence-electron chi connectivity index (χ4n) is 2.48. The van der Waals surface area contributed by atoms with Crippen molar-refractivity contribution in [3.8, 4) is 0 Å². The van der Waals surface area contributed by atoms with Gasteiger partial charge in [0.15, 0.2) is 5.78 Å². The molecule has 0 fully saturated rings. The van der Waals surface area contributed by atoms with E-state index in [0.717, 1.165) is 0 Å². The van der Waals surface area contributed by atoms with Gasteiger partial charge < -0.3 is 10.6 Å². The number of Topliss-reactive ketones (excluding diaryl/α,β-unsaturated/α-hetero) is 1. The van der Waals surface area contributed by atoms with Crippen LogP contribution in [0.25, 0.3) is 0 Å². The van der Waals surface area contributed by atoms with E-state index in [1.807, 2.05) is 0 Å². The molecule has 2 aromatic carbocycles. The molecular formula is C21H18FN3O2. The first-order valence-electron chi connectivity index (χ1n) is 8.38. The highest BCUT2D eigenvalue weighted by Crippen LogP contribution is 2.14. The summed E-state index contributed by atoms with van der Waals surface area (Å²) in [6.45, 7) is 1.76.